The van der Waals surface area contributed by atoms with Gasteiger partial charge in [0.25, 0.3) is 0 Å². The number of aromatic hydroxyl groups is 1. The van der Waals surface area contributed by atoms with E-state index in [4.69, 9.17) is 0 Å². The summed E-state index contributed by atoms with van der Waals surface area (Å²) in [4.78, 5) is 12.1. The van der Waals surface area contributed by atoms with Crippen LogP contribution in [0.2, 0.25) is 0 Å². The van der Waals surface area contributed by atoms with Crippen molar-refractivity contribution in [2.24, 2.45) is 11.3 Å². The maximum atomic E-state index is 12.1. The molecule has 2 atom stereocenters. The van der Waals surface area contributed by atoms with Crippen LogP contribution in [-0.2, 0) is 11.2 Å². The van der Waals surface area contributed by atoms with Crippen LogP contribution in [0.5, 0.6) is 5.75 Å². The van der Waals surface area contributed by atoms with Crippen molar-refractivity contribution in [1.29, 1.82) is 0 Å². The van der Waals surface area contributed by atoms with Crippen molar-refractivity contribution >= 4 is 5.78 Å². The van der Waals surface area contributed by atoms with Gasteiger partial charge in [-0.1, -0.05) is 32.8 Å². The first kappa shape index (κ1) is 15.6. The third-order valence-electron chi connectivity index (χ3n) is 5.92. The number of rotatable bonds is 4. The predicted octanol–water partition coefficient (Wildman–Crippen LogP) is 4.99. The minimum absolute atomic E-state index is 0.326. The number of ketones is 1. The number of hydrogen-bond donors (Lipinski definition) is 1. The fraction of sp³-hybridized carbons (Fsp3) is 0.650. The molecule has 0 amide bonds. The Labute approximate surface area is 133 Å². The summed E-state index contributed by atoms with van der Waals surface area (Å²) in [6.45, 7) is 4.58. The zero-order valence-corrected chi connectivity index (χ0v) is 13.9. The molecule has 0 aromatic heterocycles. The summed E-state index contributed by atoms with van der Waals surface area (Å²) < 4.78 is 0. The molecule has 0 radical (unpaired) electrons. The van der Waals surface area contributed by atoms with E-state index in [0.717, 1.165) is 25.2 Å². The van der Waals surface area contributed by atoms with Crippen LogP contribution in [-0.4, -0.2) is 10.9 Å². The van der Waals surface area contributed by atoms with Gasteiger partial charge >= 0.3 is 0 Å². The number of fused-ring (bicyclic) bond motifs is 3. The molecule has 0 bridgehead atoms. The normalized spacial score (nSPS) is 27.6. The van der Waals surface area contributed by atoms with Crippen molar-refractivity contribution in [2.45, 2.75) is 71.1 Å². The Bertz CT molecular complexity index is 561. The van der Waals surface area contributed by atoms with Crippen molar-refractivity contribution in [1.82, 2.24) is 0 Å². The van der Waals surface area contributed by atoms with Crippen molar-refractivity contribution < 1.29 is 9.90 Å². The number of carbonyl (C=O) groups is 1. The second kappa shape index (κ2) is 6.06. The van der Waals surface area contributed by atoms with Gasteiger partial charge in [0.2, 0.25) is 0 Å². The highest BCUT2D eigenvalue weighted by Gasteiger charge is 2.46. The highest BCUT2D eigenvalue weighted by atomic mass is 16.3. The Morgan fingerprint density at radius 2 is 2.05 bits per heavy atom. The second-order valence-corrected chi connectivity index (χ2v) is 7.83. The molecule has 2 unspecified atom stereocenters. The fourth-order valence-electron chi connectivity index (χ4n) is 4.67. The van der Waals surface area contributed by atoms with Crippen LogP contribution in [0.1, 0.15) is 75.8 Å². The summed E-state index contributed by atoms with van der Waals surface area (Å²) >= 11 is 0. The smallest absolute Gasteiger partial charge is 0.133 e. The molecule has 0 aliphatic heterocycles. The minimum Gasteiger partial charge on any atom is -0.508 e. The molecule has 1 aromatic carbocycles. The zero-order chi connectivity index (χ0) is 15.7. The molecule has 1 saturated carbocycles. The van der Waals surface area contributed by atoms with E-state index in [1.54, 1.807) is 6.07 Å². The van der Waals surface area contributed by atoms with E-state index >= 15 is 0 Å². The van der Waals surface area contributed by atoms with Crippen molar-refractivity contribution in [3.05, 3.63) is 29.3 Å². The molecule has 1 fully saturated rings. The van der Waals surface area contributed by atoms with Gasteiger partial charge in [0.1, 0.15) is 11.5 Å². The number of Topliss-reactive ketones (excluding diaryl/α,β-unsaturated/α-hetero) is 1. The predicted molar refractivity (Wildman–Crippen MR) is 89.1 cm³/mol. The molecule has 1 N–H and O–H groups in total. The quantitative estimate of drug-likeness (QED) is 0.850. The van der Waals surface area contributed by atoms with Crippen LogP contribution < -0.4 is 0 Å². The Balaban J connectivity index is 1.87. The number of hydrogen-bond acceptors (Lipinski definition) is 2. The van der Waals surface area contributed by atoms with Crippen LogP contribution in [0, 0.1) is 11.3 Å². The molecule has 120 valence electrons. The number of carbonyl (C=O) groups excluding carboxylic acids is 1. The van der Waals surface area contributed by atoms with Crippen molar-refractivity contribution in [3.8, 4) is 5.75 Å². The van der Waals surface area contributed by atoms with Gasteiger partial charge in [0.05, 0.1) is 0 Å². The monoisotopic (exact) mass is 300 g/mol. The molecule has 1 aromatic rings. The fourth-order valence-corrected chi connectivity index (χ4v) is 4.67. The molecule has 0 saturated heterocycles. The van der Waals surface area contributed by atoms with E-state index in [1.807, 2.05) is 6.07 Å². The Hall–Kier alpha value is -1.31. The third-order valence-corrected chi connectivity index (χ3v) is 5.92. The molecule has 2 aliphatic carbocycles. The van der Waals surface area contributed by atoms with Gasteiger partial charge in [0.15, 0.2) is 0 Å². The minimum atomic E-state index is 0.326. The number of phenols is 1. The number of benzene rings is 1. The third kappa shape index (κ3) is 2.93. The van der Waals surface area contributed by atoms with Crippen LogP contribution in [0.25, 0.3) is 0 Å². The lowest BCUT2D eigenvalue weighted by atomic mass is 9.56. The first-order chi connectivity index (χ1) is 10.5. The molecular weight excluding hydrogens is 272 g/mol. The molecule has 22 heavy (non-hydrogen) atoms. The summed E-state index contributed by atoms with van der Waals surface area (Å²) in [5.41, 5.74) is 2.92. The first-order valence-electron chi connectivity index (χ1n) is 8.84. The van der Waals surface area contributed by atoms with Crippen LogP contribution in [0.3, 0.4) is 0 Å². The molecular formula is C20H28O2. The van der Waals surface area contributed by atoms with Crippen LogP contribution in [0.15, 0.2) is 18.2 Å². The van der Waals surface area contributed by atoms with E-state index in [9.17, 15) is 9.90 Å². The van der Waals surface area contributed by atoms with Crippen LogP contribution >= 0.6 is 0 Å². The highest BCUT2D eigenvalue weighted by Crippen LogP contribution is 2.56. The van der Waals surface area contributed by atoms with Gasteiger partial charge in [-0.3, -0.25) is 4.79 Å². The Morgan fingerprint density at radius 1 is 1.27 bits per heavy atom. The maximum absolute atomic E-state index is 12.1. The van der Waals surface area contributed by atoms with Gasteiger partial charge < -0.3 is 5.11 Å². The van der Waals surface area contributed by atoms with Gasteiger partial charge in [-0.2, -0.15) is 0 Å². The van der Waals surface area contributed by atoms with Gasteiger partial charge in [-0.15, -0.1) is 0 Å². The summed E-state index contributed by atoms with van der Waals surface area (Å²) in [6.07, 6.45) is 8.58. The number of phenolic OH excluding ortho intramolecular Hbond substituents is 1. The van der Waals surface area contributed by atoms with Crippen molar-refractivity contribution in [2.75, 3.05) is 0 Å². The van der Waals surface area contributed by atoms with Crippen LogP contribution in [0.4, 0.5) is 0 Å². The average molecular weight is 300 g/mol. The first-order valence-corrected chi connectivity index (χ1v) is 8.84. The van der Waals surface area contributed by atoms with E-state index in [0.29, 0.717) is 29.3 Å². The maximum Gasteiger partial charge on any atom is 0.133 e. The molecule has 3 rings (SSSR count). The molecule has 0 heterocycles. The summed E-state index contributed by atoms with van der Waals surface area (Å²) in [5.74, 6) is 1.91. The lowest BCUT2D eigenvalue weighted by Crippen LogP contribution is -2.39. The summed E-state index contributed by atoms with van der Waals surface area (Å²) in [7, 11) is 0. The van der Waals surface area contributed by atoms with E-state index in [-0.39, 0.29) is 0 Å². The molecule has 0 spiro atoms. The van der Waals surface area contributed by atoms with E-state index < -0.39 is 0 Å². The van der Waals surface area contributed by atoms with E-state index in [1.165, 1.54) is 36.8 Å². The molecule has 2 heteroatoms. The van der Waals surface area contributed by atoms with Gasteiger partial charge in [-0.05, 0) is 66.2 Å². The standard InChI is InChI=1S/C20H28O2/c1-14(2)4-3-9-20-10-7-15-12-16(21)5-6-18(15)19(20)13-17(22)8-11-20/h5-6,12,14,19,21H,3-4,7-11,13H2,1-2H3. The Morgan fingerprint density at radius 3 is 2.82 bits per heavy atom. The zero-order valence-electron chi connectivity index (χ0n) is 13.9. The highest BCUT2D eigenvalue weighted by molar-refractivity contribution is 5.80. The van der Waals surface area contributed by atoms with E-state index in [2.05, 4.69) is 19.9 Å². The summed E-state index contributed by atoms with van der Waals surface area (Å²) in [6, 6.07) is 5.78. The topological polar surface area (TPSA) is 37.3 Å². The van der Waals surface area contributed by atoms with Gasteiger partial charge in [0, 0.05) is 12.8 Å². The molecule has 2 aliphatic rings. The lowest BCUT2D eigenvalue weighted by molar-refractivity contribution is -0.123. The lowest BCUT2D eigenvalue weighted by Gasteiger charge is -2.48. The molecule has 2 nitrogen and oxygen atoms in total. The SMILES string of the molecule is CC(C)CCCC12CCC(=O)CC1c1ccc(O)cc1CC2. The number of aryl methyl sites for hydroxylation is 1. The largest absolute Gasteiger partial charge is 0.508 e. The Kier molecular flexibility index (Phi) is 4.29. The van der Waals surface area contributed by atoms with Crippen molar-refractivity contribution in [3.63, 3.8) is 0 Å². The average Bonchev–Trinajstić information content (AvgIpc) is 2.47. The van der Waals surface area contributed by atoms with Gasteiger partial charge in [-0.25, -0.2) is 0 Å². The summed E-state index contributed by atoms with van der Waals surface area (Å²) in [5, 5.41) is 9.74. The second-order valence-electron chi connectivity index (χ2n) is 7.83.